The van der Waals surface area contributed by atoms with E-state index in [-0.39, 0.29) is 5.60 Å². The lowest BCUT2D eigenvalue weighted by Crippen LogP contribution is -2.24. The van der Waals surface area contributed by atoms with Crippen LogP contribution in [0.4, 0.5) is 5.69 Å². The second kappa shape index (κ2) is 7.92. The SMILES string of the molecule is COc1ccc(NC(N)=NCc2ccc(C)cc2OC(C)(C)C)cc1. The average Bonchev–Trinajstić information content (AvgIpc) is 2.53. The largest absolute Gasteiger partial charge is 0.497 e. The number of benzene rings is 2. The van der Waals surface area contributed by atoms with Crippen LogP contribution in [0.15, 0.2) is 47.5 Å². The molecule has 2 aromatic rings. The van der Waals surface area contributed by atoms with Crippen molar-refractivity contribution in [1.29, 1.82) is 0 Å². The summed E-state index contributed by atoms with van der Waals surface area (Å²) in [6.07, 6.45) is 0. The predicted molar refractivity (Wildman–Crippen MR) is 104 cm³/mol. The molecule has 5 heteroatoms. The maximum atomic E-state index is 6.05. The van der Waals surface area contributed by atoms with Crippen molar-refractivity contribution in [3.63, 3.8) is 0 Å². The Labute approximate surface area is 149 Å². The Balaban J connectivity index is 2.09. The molecule has 2 aromatic carbocycles. The normalized spacial score (nSPS) is 12.0. The molecule has 0 bridgehead atoms. The Morgan fingerprint density at radius 2 is 1.80 bits per heavy atom. The van der Waals surface area contributed by atoms with Gasteiger partial charge in [0.25, 0.3) is 0 Å². The van der Waals surface area contributed by atoms with Crippen LogP contribution in [0.25, 0.3) is 0 Å². The number of guanidine groups is 1. The molecule has 0 saturated heterocycles. The fourth-order valence-electron chi connectivity index (χ4n) is 2.25. The standard InChI is InChI=1S/C20H27N3O2/c1-14-6-7-15(18(12-14)25-20(2,3)4)13-22-19(21)23-16-8-10-17(24-5)11-9-16/h6-12H,13H2,1-5H3,(H3,21,22,23). The number of rotatable bonds is 5. The smallest absolute Gasteiger partial charge is 0.193 e. The van der Waals surface area contributed by atoms with Crippen molar-refractivity contribution < 1.29 is 9.47 Å². The van der Waals surface area contributed by atoms with E-state index in [2.05, 4.69) is 10.3 Å². The van der Waals surface area contributed by atoms with Gasteiger partial charge in [-0.05, 0) is 63.6 Å². The molecule has 0 aliphatic heterocycles. The molecule has 0 spiro atoms. The zero-order chi connectivity index (χ0) is 18.4. The molecule has 0 aromatic heterocycles. The van der Waals surface area contributed by atoms with Crippen LogP contribution in [0, 0.1) is 6.92 Å². The molecular weight excluding hydrogens is 314 g/mol. The third-order valence-corrected chi connectivity index (χ3v) is 3.42. The molecule has 0 fully saturated rings. The van der Waals surface area contributed by atoms with Crippen molar-refractivity contribution in [2.75, 3.05) is 12.4 Å². The summed E-state index contributed by atoms with van der Waals surface area (Å²) in [5.41, 5.74) is 8.74. The second-order valence-electron chi connectivity index (χ2n) is 6.88. The van der Waals surface area contributed by atoms with Gasteiger partial charge in [0.1, 0.15) is 17.1 Å². The van der Waals surface area contributed by atoms with Crippen LogP contribution in [0.1, 0.15) is 31.9 Å². The van der Waals surface area contributed by atoms with Crippen LogP contribution in [-0.4, -0.2) is 18.7 Å². The summed E-state index contributed by atoms with van der Waals surface area (Å²) in [5, 5.41) is 3.07. The van der Waals surface area contributed by atoms with E-state index >= 15 is 0 Å². The zero-order valence-corrected chi connectivity index (χ0v) is 15.6. The number of aryl methyl sites for hydroxylation is 1. The number of nitrogens with zero attached hydrogens (tertiary/aromatic N) is 1. The highest BCUT2D eigenvalue weighted by Crippen LogP contribution is 2.25. The molecule has 5 nitrogen and oxygen atoms in total. The zero-order valence-electron chi connectivity index (χ0n) is 15.6. The molecular formula is C20H27N3O2. The van der Waals surface area contributed by atoms with Gasteiger partial charge in [0.15, 0.2) is 5.96 Å². The van der Waals surface area contributed by atoms with Gasteiger partial charge in [-0.1, -0.05) is 12.1 Å². The summed E-state index contributed by atoms with van der Waals surface area (Å²) in [4.78, 5) is 4.42. The molecule has 0 aliphatic rings. The number of hydrogen-bond donors (Lipinski definition) is 2. The van der Waals surface area contributed by atoms with E-state index in [1.807, 2.05) is 70.2 Å². The van der Waals surface area contributed by atoms with Gasteiger partial charge in [0.2, 0.25) is 0 Å². The van der Waals surface area contributed by atoms with E-state index in [9.17, 15) is 0 Å². The summed E-state index contributed by atoms with van der Waals surface area (Å²) in [5.74, 6) is 1.99. The van der Waals surface area contributed by atoms with Crippen LogP contribution < -0.4 is 20.5 Å². The van der Waals surface area contributed by atoms with Gasteiger partial charge >= 0.3 is 0 Å². The van der Waals surface area contributed by atoms with Crippen molar-refractivity contribution in [2.45, 2.75) is 39.8 Å². The summed E-state index contributed by atoms with van der Waals surface area (Å²) >= 11 is 0. The number of aliphatic imine (C=N–C) groups is 1. The summed E-state index contributed by atoms with van der Waals surface area (Å²) in [6, 6.07) is 13.6. The first-order valence-electron chi connectivity index (χ1n) is 8.26. The van der Waals surface area contributed by atoms with Crippen molar-refractivity contribution >= 4 is 11.6 Å². The van der Waals surface area contributed by atoms with E-state index in [1.165, 1.54) is 0 Å². The summed E-state index contributed by atoms with van der Waals surface area (Å²) < 4.78 is 11.2. The first kappa shape index (κ1) is 18.6. The Bertz CT molecular complexity index is 732. The Hall–Kier alpha value is -2.69. The van der Waals surface area contributed by atoms with Crippen molar-refractivity contribution in [2.24, 2.45) is 10.7 Å². The van der Waals surface area contributed by atoms with Gasteiger partial charge < -0.3 is 20.5 Å². The van der Waals surface area contributed by atoms with Crippen LogP contribution in [-0.2, 0) is 6.54 Å². The van der Waals surface area contributed by atoms with Gasteiger partial charge in [-0.25, -0.2) is 4.99 Å². The topological polar surface area (TPSA) is 68.9 Å². The van der Waals surface area contributed by atoms with E-state index < -0.39 is 0 Å². The molecule has 2 rings (SSSR count). The van der Waals surface area contributed by atoms with Gasteiger partial charge in [-0.3, -0.25) is 0 Å². The van der Waals surface area contributed by atoms with Crippen molar-refractivity contribution in [3.8, 4) is 11.5 Å². The van der Waals surface area contributed by atoms with Gasteiger partial charge in [0.05, 0.1) is 13.7 Å². The lowest BCUT2D eigenvalue weighted by Gasteiger charge is -2.23. The molecule has 0 amide bonds. The van der Waals surface area contributed by atoms with Crippen molar-refractivity contribution in [1.82, 2.24) is 0 Å². The van der Waals surface area contributed by atoms with E-state index in [0.29, 0.717) is 12.5 Å². The van der Waals surface area contributed by atoms with Gasteiger partial charge in [0, 0.05) is 11.3 Å². The highest BCUT2D eigenvalue weighted by molar-refractivity contribution is 5.92. The third kappa shape index (κ3) is 6.03. The van der Waals surface area contributed by atoms with Gasteiger partial charge in [-0.2, -0.15) is 0 Å². The minimum absolute atomic E-state index is 0.265. The maximum Gasteiger partial charge on any atom is 0.193 e. The Morgan fingerprint density at radius 1 is 1.12 bits per heavy atom. The monoisotopic (exact) mass is 341 g/mol. The fourth-order valence-corrected chi connectivity index (χ4v) is 2.25. The number of hydrogen-bond acceptors (Lipinski definition) is 3. The molecule has 134 valence electrons. The minimum Gasteiger partial charge on any atom is -0.497 e. The van der Waals surface area contributed by atoms with Crippen LogP contribution in [0.2, 0.25) is 0 Å². The van der Waals surface area contributed by atoms with Crippen LogP contribution in [0.3, 0.4) is 0 Å². The molecule has 25 heavy (non-hydrogen) atoms. The number of anilines is 1. The Kier molecular flexibility index (Phi) is 5.91. The molecule has 0 aliphatic carbocycles. The van der Waals surface area contributed by atoms with Crippen LogP contribution in [0.5, 0.6) is 11.5 Å². The third-order valence-electron chi connectivity index (χ3n) is 3.42. The number of nitrogens with one attached hydrogen (secondary N) is 1. The second-order valence-corrected chi connectivity index (χ2v) is 6.88. The van der Waals surface area contributed by atoms with E-state index in [0.717, 1.165) is 28.3 Å². The first-order chi connectivity index (χ1) is 11.8. The quantitative estimate of drug-likeness (QED) is 0.634. The first-order valence-corrected chi connectivity index (χ1v) is 8.26. The predicted octanol–water partition coefficient (Wildman–Crippen LogP) is 4.11. The van der Waals surface area contributed by atoms with E-state index in [1.54, 1.807) is 7.11 Å². The number of methoxy groups -OCH3 is 1. The average molecular weight is 341 g/mol. The highest BCUT2D eigenvalue weighted by atomic mass is 16.5. The lowest BCUT2D eigenvalue weighted by atomic mass is 10.1. The lowest BCUT2D eigenvalue weighted by molar-refractivity contribution is 0.129. The molecule has 0 unspecified atom stereocenters. The highest BCUT2D eigenvalue weighted by Gasteiger charge is 2.14. The Morgan fingerprint density at radius 3 is 2.40 bits per heavy atom. The summed E-state index contributed by atoms with van der Waals surface area (Å²) in [6.45, 7) is 8.58. The minimum atomic E-state index is -0.265. The van der Waals surface area contributed by atoms with Crippen molar-refractivity contribution in [3.05, 3.63) is 53.6 Å². The van der Waals surface area contributed by atoms with Gasteiger partial charge in [-0.15, -0.1) is 0 Å². The molecule has 0 atom stereocenters. The maximum absolute atomic E-state index is 6.05. The number of nitrogens with two attached hydrogens (primary N) is 1. The number of ether oxygens (including phenoxy) is 2. The molecule has 0 radical (unpaired) electrons. The fraction of sp³-hybridized carbons (Fsp3) is 0.350. The molecule has 3 N–H and O–H groups in total. The van der Waals surface area contributed by atoms with E-state index in [4.69, 9.17) is 15.2 Å². The van der Waals surface area contributed by atoms with Crippen LogP contribution >= 0.6 is 0 Å². The summed E-state index contributed by atoms with van der Waals surface area (Å²) in [7, 11) is 1.64. The molecule has 0 saturated carbocycles. The molecule has 0 heterocycles.